The third-order valence-corrected chi connectivity index (χ3v) is 5.49. The molecular weight excluding hydrogens is 360 g/mol. The Morgan fingerprint density at radius 2 is 1.66 bits per heavy atom. The predicted molar refractivity (Wildman–Crippen MR) is 119 cm³/mol. The normalized spacial score (nSPS) is 18.4. The van der Waals surface area contributed by atoms with Gasteiger partial charge in [-0.3, -0.25) is 4.79 Å². The molecule has 4 nitrogen and oxygen atoms in total. The van der Waals surface area contributed by atoms with Gasteiger partial charge in [0.1, 0.15) is 11.5 Å². The van der Waals surface area contributed by atoms with Crippen molar-refractivity contribution in [2.45, 2.75) is 64.6 Å². The van der Waals surface area contributed by atoms with Crippen LogP contribution in [-0.2, 0) is 6.54 Å². The molecule has 0 radical (unpaired) electrons. The zero-order chi connectivity index (χ0) is 21.1. The number of nitrogens with one attached hydrogen (secondary N) is 2. The van der Waals surface area contributed by atoms with E-state index < -0.39 is 0 Å². The van der Waals surface area contributed by atoms with Gasteiger partial charge in [0.2, 0.25) is 0 Å². The molecule has 0 aromatic heterocycles. The third-order valence-electron chi connectivity index (χ3n) is 5.49. The Balaban J connectivity index is 1.65. The molecule has 0 amide bonds. The number of hydrogen-bond acceptors (Lipinski definition) is 4. The highest BCUT2D eigenvalue weighted by molar-refractivity contribution is 5.96. The molecule has 0 bridgehead atoms. The average molecular weight is 395 g/mol. The van der Waals surface area contributed by atoms with Crippen LogP contribution >= 0.6 is 0 Å². The number of ketones is 1. The number of rotatable bonds is 7. The molecule has 0 spiro atoms. The molecule has 2 aromatic rings. The van der Waals surface area contributed by atoms with Crippen LogP contribution in [0.3, 0.4) is 0 Å². The first-order chi connectivity index (χ1) is 13.7. The highest BCUT2D eigenvalue weighted by Crippen LogP contribution is 2.35. The zero-order valence-corrected chi connectivity index (χ0v) is 18.3. The largest absolute Gasteiger partial charge is 0.457 e. The Morgan fingerprint density at radius 1 is 1.03 bits per heavy atom. The van der Waals surface area contributed by atoms with E-state index in [1.54, 1.807) is 0 Å². The van der Waals surface area contributed by atoms with E-state index in [0.717, 1.165) is 42.0 Å². The predicted octanol–water partition coefficient (Wildman–Crippen LogP) is 5.33. The fourth-order valence-electron chi connectivity index (χ4n) is 4.83. The summed E-state index contributed by atoms with van der Waals surface area (Å²) in [4.78, 5) is 12.9. The van der Waals surface area contributed by atoms with Gasteiger partial charge in [-0.2, -0.15) is 0 Å². The van der Waals surface area contributed by atoms with Crippen molar-refractivity contribution in [3.63, 3.8) is 0 Å². The van der Waals surface area contributed by atoms with Crippen molar-refractivity contribution in [3.8, 4) is 11.5 Å². The minimum atomic E-state index is 0.0606. The van der Waals surface area contributed by atoms with Gasteiger partial charge in [0.15, 0.2) is 5.78 Å². The van der Waals surface area contributed by atoms with Gasteiger partial charge in [0.25, 0.3) is 0 Å². The summed E-state index contributed by atoms with van der Waals surface area (Å²) in [6.07, 6.45) is 2.64. The van der Waals surface area contributed by atoms with Gasteiger partial charge in [0.05, 0.1) is 0 Å². The van der Waals surface area contributed by atoms with Crippen molar-refractivity contribution in [1.82, 2.24) is 10.6 Å². The Morgan fingerprint density at radius 3 is 2.28 bits per heavy atom. The maximum Gasteiger partial charge on any atom is 0.163 e. The molecule has 29 heavy (non-hydrogen) atoms. The topological polar surface area (TPSA) is 50.4 Å². The minimum absolute atomic E-state index is 0.0606. The van der Waals surface area contributed by atoms with Gasteiger partial charge >= 0.3 is 0 Å². The molecule has 1 fully saturated rings. The summed E-state index contributed by atoms with van der Waals surface area (Å²) in [5, 5.41) is 6.84. The lowest BCUT2D eigenvalue weighted by molar-refractivity contribution is 0.0864. The highest BCUT2D eigenvalue weighted by Gasteiger charge is 2.38. The molecule has 1 aliphatic heterocycles. The van der Waals surface area contributed by atoms with E-state index in [2.05, 4.69) is 38.3 Å². The van der Waals surface area contributed by atoms with Crippen molar-refractivity contribution in [2.75, 3.05) is 7.05 Å². The van der Waals surface area contributed by atoms with Gasteiger partial charge < -0.3 is 15.4 Å². The van der Waals surface area contributed by atoms with Crippen LogP contribution in [0.1, 0.15) is 62.9 Å². The van der Waals surface area contributed by atoms with E-state index in [4.69, 9.17) is 4.74 Å². The van der Waals surface area contributed by atoms with E-state index in [1.807, 2.05) is 55.6 Å². The Hall–Kier alpha value is -2.17. The second kappa shape index (κ2) is 8.68. The molecule has 0 saturated carbocycles. The summed E-state index contributed by atoms with van der Waals surface area (Å²) in [5.41, 5.74) is 1.98. The lowest BCUT2D eigenvalue weighted by Gasteiger charge is -2.46. The summed E-state index contributed by atoms with van der Waals surface area (Å²) in [6.45, 7) is 9.65. The quantitative estimate of drug-likeness (QED) is 0.624. The molecule has 2 N–H and O–H groups in total. The van der Waals surface area contributed by atoms with Crippen LogP contribution in [0.2, 0.25) is 0 Å². The first kappa shape index (κ1) is 21.5. The van der Waals surface area contributed by atoms with Gasteiger partial charge in [-0.25, -0.2) is 0 Å². The maximum atomic E-state index is 12.9. The summed E-state index contributed by atoms with van der Waals surface area (Å²) in [6, 6.07) is 15.5. The van der Waals surface area contributed by atoms with Gasteiger partial charge in [0, 0.05) is 35.2 Å². The molecular formula is C25H34N2O2. The zero-order valence-electron chi connectivity index (χ0n) is 18.3. The van der Waals surface area contributed by atoms with Crippen molar-refractivity contribution in [2.24, 2.45) is 5.92 Å². The molecule has 156 valence electrons. The standard InChI is InChI=1S/C25H34N2O2/c1-24(2)15-18(16-25(3,4)27-24)14-22(28)19-10-12-21(13-11-19)29-23-9-7-6-8-20(23)17-26-5/h6-13,18,26-27H,14-17H2,1-5H3. The summed E-state index contributed by atoms with van der Waals surface area (Å²) in [7, 11) is 1.92. The van der Waals surface area contributed by atoms with Crippen molar-refractivity contribution in [3.05, 3.63) is 59.7 Å². The molecule has 0 aliphatic carbocycles. The van der Waals surface area contributed by atoms with Crippen LogP contribution in [0, 0.1) is 5.92 Å². The van der Waals surface area contributed by atoms with E-state index in [-0.39, 0.29) is 16.9 Å². The number of carbonyl (C=O) groups excluding carboxylic acids is 1. The fraction of sp³-hybridized carbons (Fsp3) is 0.480. The van der Waals surface area contributed by atoms with Crippen LogP contribution in [0.4, 0.5) is 0 Å². The molecule has 1 heterocycles. The lowest BCUT2D eigenvalue weighted by atomic mass is 9.74. The van der Waals surface area contributed by atoms with E-state index >= 15 is 0 Å². The van der Waals surface area contributed by atoms with Crippen LogP contribution in [-0.4, -0.2) is 23.9 Å². The lowest BCUT2D eigenvalue weighted by Crippen LogP contribution is -2.57. The monoisotopic (exact) mass is 394 g/mol. The number of piperidine rings is 1. The molecule has 1 saturated heterocycles. The van der Waals surface area contributed by atoms with Gasteiger partial charge in [-0.1, -0.05) is 18.2 Å². The van der Waals surface area contributed by atoms with E-state index in [1.165, 1.54) is 0 Å². The first-order valence-electron chi connectivity index (χ1n) is 10.5. The molecule has 2 aromatic carbocycles. The number of para-hydroxylation sites is 1. The van der Waals surface area contributed by atoms with Gasteiger partial charge in [-0.15, -0.1) is 0 Å². The van der Waals surface area contributed by atoms with Crippen molar-refractivity contribution in [1.29, 1.82) is 0 Å². The summed E-state index contributed by atoms with van der Waals surface area (Å²) in [5.74, 6) is 2.19. The van der Waals surface area contributed by atoms with Crippen LogP contribution in [0.5, 0.6) is 11.5 Å². The SMILES string of the molecule is CNCc1ccccc1Oc1ccc(C(=O)CC2CC(C)(C)NC(C)(C)C2)cc1. The smallest absolute Gasteiger partial charge is 0.163 e. The minimum Gasteiger partial charge on any atom is -0.457 e. The van der Waals surface area contributed by atoms with Crippen LogP contribution in [0.25, 0.3) is 0 Å². The van der Waals surface area contributed by atoms with E-state index in [9.17, 15) is 4.79 Å². The second-order valence-electron chi connectivity index (χ2n) is 9.56. The average Bonchev–Trinajstić information content (AvgIpc) is 2.61. The number of hydrogen-bond donors (Lipinski definition) is 2. The van der Waals surface area contributed by atoms with Crippen LogP contribution < -0.4 is 15.4 Å². The van der Waals surface area contributed by atoms with Crippen molar-refractivity contribution < 1.29 is 9.53 Å². The molecule has 1 aliphatic rings. The van der Waals surface area contributed by atoms with Crippen LogP contribution in [0.15, 0.2) is 48.5 Å². The molecule has 0 unspecified atom stereocenters. The number of Topliss-reactive ketones (excluding diaryl/α,β-unsaturated/α-hetero) is 1. The fourth-order valence-corrected chi connectivity index (χ4v) is 4.83. The Labute approximate surface area is 175 Å². The first-order valence-corrected chi connectivity index (χ1v) is 10.5. The molecule has 4 heteroatoms. The number of carbonyl (C=O) groups is 1. The highest BCUT2D eigenvalue weighted by atomic mass is 16.5. The summed E-state index contributed by atoms with van der Waals surface area (Å²) >= 11 is 0. The maximum absolute atomic E-state index is 12.9. The Bertz CT molecular complexity index is 824. The second-order valence-corrected chi connectivity index (χ2v) is 9.56. The van der Waals surface area contributed by atoms with E-state index in [0.29, 0.717) is 12.3 Å². The Kier molecular flexibility index (Phi) is 6.45. The molecule has 0 atom stereocenters. The van der Waals surface area contributed by atoms with Crippen molar-refractivity contribution >= 4 is 5.78 Å². The molecule has 3 rings (SSSR count). The van der Waals surface area contributed by atoms with Gasteiger partial charge in [-0.05, 0) is 83.8 Å². The number of ether oxygens (including phenoxy) is 1. The number of benzene rings is 2. The third kappa shape index (κ3) is 5.91. The summed E-state index contributed by atoms with van der Waals surface area (Å²) < 4.78 is 6.04.